The van der Waals surface area contributed by atoms with Crippen LogP contribution in [0.4, 0.5) is 5.69 Å². The topological polar surface area (TPSA) is 97.6 Å². The summed E-state index contributed by atoms with van der Waals surface area (Å²) in [5.74, 6) is -0.370. The smallest absolute Gasteiger partial charge is 0.336 e. The Balaban J connectivity index is 1.51. The van der Waals surface area contributed by atoms with E-state index in [1.807, 2.05) is 32.9 Å². The molecule has 29 heavy (non-hydrogen) atoms. The minimum absolute atomic E-state index is 0.165. The zero-order chi connectivity index (χ0) is 21.0. The predicted octanol–water partition coefficient (Wildman–Crippen LogP) is 2.85. The largest absolute Gasteiger partial charge is 0.484 e. The van der Waals surface area contributed by atoms with E-state index in [-0.39, 0.29) is 19.1 Å². The quantitative estimate of drug-likeness (QED) is 0.627. The number of carbonyl (C=O) groups is 2. The molecular weight excluding hydrogens is 372 g/mol. The van der Waals surface area contributed by atoms with E-state index in [4.69, 9.17) is 9.15 Å². The van der Waals surface area contributed by atoms with E-state index in [0.29, 0.717) is 11.3 Å². The fourth-order valence-electron chi connectivity index (χ4n) is 3.07. The van der Waals surface area contributed by atoms with Crippen LogP contribution in [0.1, 0.15) is 16.7 Å². The lowest BCUT2D eigenvalue weighted by molar-refractivity contribution is -0.125. The van der Waals surface area contributed by atoms with Gasteiger partial charge in [0.1, 0.15) is 11.3 Å². The third-order valence-electron chi connectivity index (χ3n) is 4.35. The van der Waals surface area contributed by atoms with E-state index in [0.717, 1.165) is 27.8 Å². The molecule has 150 valence electrons. The Morgan fingerprint density at radius 2 is 1.66 bits per heavy atom. The van der Waals surface area contributed by atoms with E-state index in [2.05, 4.69) is 10.6 Å². The first-order chi connectivity index (χ1) is 13.8. The van der Waals surface area contributed by atoms with Gasteiger partial charge in [-0.2, -0.15) is 0 Å². The van der Waals surface area contributed by atoms with Crippen molar-refractivity contribution in [3.05, 3.63) is 69.6 Å². The number of hydrogen-bond donors (Lipinski definition) is 2. The van der Waals surface area contributed by atoms with Crippen LogP contribution in [0.3, 0.4) is 0 Å². The SMILES string of the molecule is Cc1cc(C)c(NC(=O)CNC(=O)COc2ccc3ccc(=O)oc3c2)c(C)c1. The van der Waals surface area contributed by atoms with Crippen molar-refractivity contribution >= 4 is 28.5 Å². The predicted molar refractivity (Wildman–Crippen MR) is 110 cm³/mol. The summed E-state index contributed by atoms with van der Waals surface area (Å²) < 4.78 is 10.5. The summed E-state index contributed by atoms with van der Waals surface area (Å²) in [7, 11) is 0. The maximum Gasteiger partial charge on any atom is 0.336 e. The summed E-state index contributed by atoms with van der Waals surface area (Å²) >= 11 is 0. The second kappa shape index (κ2) is 8.60. The van der Waals surface area contributed by atoms with Gasteiger partial charge in [0.2, 0.25) is 5.91 Å². The van der Waals surface area contributed by atoms with E-state index >= 15 is 0 Å². The number of amides is 2. The number of benzene rings is 2. The zero-order valence-electron chi connectivity index (χ0n) is 16.5. The minimum Gasteiger partial charge on any atom is -0.484 e. The van der Waals surface area contributed by atoms with Gasteiger partial charge >= 0.3 is 5.63 Å². The van der Waals surface area contributed by atoms with Gasteiger partial charge in [0.25, 0.3) is 5.91 Å². The molecule has 1 aromatic heterocycles. The van der Waals surface area contributed by atoms with Crippen LogP contribution in [0.5, 0.6) is 5.75 Å². The molecule has 7 nitrogen and oxygen atoms in total. The average molecular weight is 394 g/mol. The van der Waals surface area contributed by atoms with Crippen molar-refractivity contribution in [3.63, 3.8) is 0 Å². The number of hydrogen-bond acceptors (Lipinski definition) is 5. The van der Waals surface area contributed by atoms with Gasteiger partial charge in [0, 0.05) is 23.2 Å². The number of carbonyl (C=O) groups excluding carboxylic acids is 2. The number of rotatable bonds is 6. The molecule has 0 unspecified atom stereocenters. The molecule has 2 amide bonds. The number of aryl methyl sites for hydroxylation is 3. The zero-order valence-corrected chi connectivity index (χ0v) is 16.5. The molecule has 0 spiro atoms. The number of nitrogens with one attached hydrogen (secondary N) is 2. The minimum atomic E-state index is -0.461. The van der Waals surface area contributed by atoms with Crippen LogP contribution >= 0.6 is 0 Å². The van der Waals surface area contributed by atoms with Gasteiger partial charge in [0.05, 0.1) is 6.54 Å². The Labute approximate surface area is 167 Å². The summed E-state index contributed by atoms with van der Waals surface area (Å²) in [4.78, 5) is 35.4. The number of ether oxygens (including phenoxy) is 1. The van der Waals surface area contributed by atoms with Crippen LogP contribution < -0.4 is 21.0 Å². The molecule has 0 aliphatic heterocycles. The van der Waals surface area contributed by atoms with Crippen LogP contribution in [-0.2, 0) is 9.59 Å². The molecule has 2 N–H and O–H groups in total. The van der Waals surface area contributed by atoms with Gasteiger partial charge in [-0.25, -0.2) is 4.79 Å². The van der Waals surface area contributed by atoms with E-state index < -0.39 is 11.5 Å². The molecule has 1 heterocycles. The molecule has 0 aliphatic carbocycles. The van der Waals surface area contributed by atoms with Crippen LogP contribution in [-0.4, -0.2) is 25.0 Å². The van der Waals surface area contributed by atoms with Crippen LogP contribution in [0, 0.1) is 20.8 Å². The monoisotopic (exact) mass is 394 g/mol. The van der Waals surface area contributed by atoms with Gasteiger partial charge in [-0.1, -0.05) is 17.7 Å². The van der Waals surface area contributed by atoms with Crippen LogP contribution in [0.2, 0.25) is 0 Å². The normalized spacial score (nSPS) is 10.6. The lowest BCUT2D eigenvalue weighted by Crippen LogP contribution is -2.36. The highest BCUT2D eigenvalue weighted by Gasteiger charge is 2.10. The van der Waals surface area contributed by atoms with Gasteiger partial charge < -0.3 is 19.8 Å². The van der Waals surface area contributed by atoms with Crippen molar-refractivity contribution in [2.75, 3.05) is 18.5 Å². The molecule has 2 aromatic carbocycles. The molecule has 0 saturated carbocycles. The Morgan fingerprint density at radius 3 is 2.38 bits per heavy atom. The lowest BCUT2D eigenvalue weighted by Gasteiger charge is -2.13. The van der Waals surface area contributed by atoms with Crippen molar-refractivity contribution < 1.29 is 18.7 Å². The van der Waals surface area contributed by atoms with Crippen molar-refractivity contribution in [1.82, 2.24) is 5.32 Å². The first kappa shape index (κ1) is 20.1. The fraction of sp³-hybridized carbons (Fsp3) is 0.227. The molecule has 0 aliphatic rings. The van der Waals surface area contributed by atoms with Crippen LogP contribution in [0.15, 0.2) is 51.7 Å². The summed E-state index contributed by atoms with van der Waals surface area (Å²) in [5.41, 5.74) is 3.72. The maximum absolute atomic E-state index is 12.2. The third kappa shape index (κ3) is 5.22. The van der Waals surface area contributed by atoms with E-state index in [9.17, 15) is 14.4 Å². The molecule has 7 heteroatoms. The summed E-state index contributed by atoms with van der Waals surface area (Å²) in [6.07, 6.45) is 0. The molecule has 0 atom stereocenters. The Bertz CT molecular complexity index is 1110. The van der Waals surface area contributed by atoms with Gasteiger partial charge in [-0.15, -0.1) is 0 Å². The van der Waals surface area contributed by atoms with Crippen molar-refractivity contribution in [2.24, 2.45) is 0 Å². The second-order valence-corrected chi connectivity index (χ2v) is 6.84. The molecule has 3 rings (SSSR count). The molecule has 3 aromatic rings. The highest BCUT2D eigenvalue weighted by molar-refractivity contribution is 5.96. The van der Waals surface area contributed by atoms with Gasteiger partial charge in [-0.3, -0.25) is 9.59 Å². The van der Waals surface area contributed by atoms with Gasteiger partial charge in [-0.05, 0) is 50.1 Å². The average Bonchev–Trinajstić information content (AvgIpc) is 2.67. The summed E-state index contributed by atoms with van der Waals surface area (Å²) in [6, 6.07) is 11.9. The highest BCUT2D eigenvalue weighted by atomic mass is 16.5. The van der Waals surface area contributed by atoms with E-state index in [1.54, 1.807) is 24.3 Å². The second-order valence-electron chi connectivity index (χ2n) is 6.84. The van der Waals surface area contributed by atoms with E-state index in [1.165, 1.54) is 6.07 Å². The molecule has 0 radical (unpaired) electrons. The Kier molecular flexibility index (Phi) is 5.97. The molecule has 0 fully saturated rings. The van der Waals surface area contributed by atoms with Gasteiger partial charge in [0.15, 0.2) is 6.61 Å². The first-order valence-corrected chi connectivity index (χ1v) is 9.13. The van der Waals surface area contributed by atoms with Crippen molar-refractivity contribution in [2.45, 2.75) is 20.8 Å². The lowest BCUT2D eigenvalue weighted by atomic mass is 10.1. The van der Waals surface area contributed by atoms with Crippen molar-refractivity contribution in [1.29, 1.82) is 0 Å². The first-order valence-electron chi connectivity index (χ1n) is 9.13. The van der Waals surface area contributed by atoms with Crippen molar-refractivity contribution in [3.8, 4) is 5.75 Å². The number of anilines is 1. The summed E-state index contributed by atoms with van der Waals surface area (Å²) in [6.45, 7) is 5.41. The summed E-state index contributed by atoms with van der Waals surface area (Å²) in [5, 5.41) is 6.09. The van der Waals surface area contributed by atoms with Crippen LogP contribution in [0.25, 0.3) is 11.0 Å². The standard InChI is InChI=1S/C22H22N2O5/c1-13-8-14(2)22(15(3)9-13)24-19(25)11-23-20(26)12-28-17-6-4-16-5-7-21(27)29-18(16)10-17/h4-10H,11-12H2,1-3H3,(H,23,26)(H,24,25). The molecular formula is C22H22N2O5. The Hall–Kier alpha value is -3.61. The third-order valence-corrected chi connectivity index (χ3v) is 4.35. The Morgan fingerprint density at radius 1 is 0.966 bits per heavy atom. The molecule has 0 bridgehead atoms. The fourth-order valence-corrected chi connectivity index (χ4v) is 3.07. The highest BCUT2D eigenvalue weighted by Crippen LogP contribution is 2.22. The maximum atomic E-state index is 12.2. The number of fused-ring (bicyclic) bond motifs is 1. The molecule has 0 saturated heterocycles.